The molecule has 0 aliphatic carbocycles. The van der Waals surface area contributed by atoms with Crippen molar-refractivity contribution in [1.29, 1.82) is 0 Å². The quantitative estimate of drug-likeness (QED) is 0.346. The number of para-hydroxylation sites is 1. The highest BCUT2D eigenvalue weighted by Crippen LogP contribution is 2.15. The Bertz CT molecular complexity index is 785. The lowest BCUT2D eigenvalue weighted by Gasteiger charge is -2.06. The Hall–Kier alpha value is -3.48. The molecule has 0 heterocycles. The van der Waals surface area contributed by atoms with Gasteiger partial charge < -0.3 is 4.74 Å². The number of rotatable bonds is 8. The third-order valence-electron chi connectivity index (χ3n) is 3.18. The van der Waals surface area contributed by atoms with Gasteiger partial charge in [0.2, 0.25) is 5.91 Å². The average molecular weight is 339 g/mol. The van der Waals surface area contributed by atoms with Crippen LogP contribution in [-0.4, -0.2) is 23.7 Å². The number of hydrogen-bond donors (Lipinski definition) is 1. The van der Waals surface area contributed by atoms with Crippen LogP contribution in [0.5, 0.6) is 5.75 Å². The van der Waals surface area contributed by atoms with Gasteiger partial charge in [-0.25, -0.2) is 5.43 Å². The number of ether oxygens (including phenoxy) is 1. The van der Waals surface area contributed by atoms with Crippen molar-refractivity contribution in [3.8, 4) is 5.75 Å². The number of nitrogens with one attached hydrogen (secondary N) is 1. The number of non-ortho nitro benzene ring substituents is 1. The Morgan fingerprint density at radius 2 is 1.96 bits per heavy atom. The van der Waals surface area contributed by atoms with Crippen LogP contribution in [0, 0.1) is 10.1 Å². The first-order valence-electron chi connectivity index (χ1n) is 7.48. The minimum Gasteiger partial charge on any atom is -0.489 e. The number of amides is 1. The second-order valence-corrected chi connectivity index (χ2v) is 5.03. The van der Waals surface area contributed by atoms with Gasteiger partial charge in [-0.1, -0.05) is 36.9 Å². The largest absolute Gasteiger partial charge is 0.489 e. The van der Waals surface area contributed by atoms with Gasteiger partial charge in [0.05, 0.1) is 17.6 Å². The highest BCUT2D eigenvalue weighted by molar-refractivity contribution is 5.85. The summed E-state index contributed by atoms with van der Waals surface area (Å²) in [5.41, 5.74) is 3.79. The lowest BCUT2D eigenvalue weighted by Crippen LogP contribution is -2.19. The SMILES string of the molecule is C=CCOc1ccccc1/C=N\NC(=O)Cc1ccc([N+](=O)[O-])cc1. The van der Waals surface area contributed by atoms with Gasteiger partial charge in [-0.2, -0.15) is 5.10 Å². The average Bonchev–Trinajstić information content (AvgIpc) is 2.61. The summed E-state index contributed by atoms with van der Waals surface area (Å²) in [6.45, 7) is 3.97. The molecule has 2 aromatic rings. The summed E-state index contributed by atoms with van der Waals surface area (Å²) in [7, 11) is 0. The van der Waals surface area contributed by atoms with E-state index in [1.807, 2.05) is 18.2 Å². The molecule has 0 aliphatic rings. The van der Waals surface area contributed by atoms with Crippen LogP contribution in [0.4, 0.5) is 5.69 Å². The summed E-state index contributed by atoms with van der Waals surface area (Å²) in [5, 5.41) is 14.5. The molecule has 7 heteroatoms. The van der Waals surface area contributed by atoms with E-state index in [-0.39, 0.29) is 18.0 Å². The first-order valence-corrected chi connectivity index (χ1v) is 7.48. The summed E-state index contributed by atoms with van der Waals surface area (Å²) < 4.78 is 5.49. The molecule has 2 rings (SSSR count). The molecule has 0 aliphatic heterocycles. The van der Waals surface area contributed by atoms with E-state index in [1.54, 1.807) is 24.3 Å². The van der Waals surface area contributed by atoms with E-state index < -0.39 is 4.92 Å². The zero-order chi connectivity index (χ0) is 18.1. The van der Waals surface area contributed by atoms with Crippen LogP contribution >= 0.6 is 0 Å². The van der Waals surface area contributed by atoms with E-state index in [4.69, 9.17) is 4.74 Å². The second-order valence-electron chi connectivity index (χ2n) is 5.03. The van der Waals surface area contributed by atoms with Gasteiger partial charge in [-0.05, 0) is 17.7 Å². The maximum Gasteiger partial charge on any atom is 0.269 e. The number of nitrogens with zero attached hydrogens (tertiary/aromatic N) is 2. The first-order chi connectivity index (χ1) is 12.1. The van der Waals surface area contributed by atoms with E-state index in [9.17, 15) is 14.9 Å². The van der Waals surface area contributed by atoms with Crippen LogP contribution in [0.3, 0.4) is 0 Å². The second kappa shape index (κ2) is 8.97. The van der Waals surface area contributed by atoms with Gasteiger partial charge in [0.1, 0.15) is 12.4 Å². The lowest BCUT2D eigenvalue weighted by molar-refractivity contribution is -0.384. The van der Waals surface area contributed by atoms with Crippen molar-refractivity contribution in [2.75, 3.05) is 6.61 Å². The number of nitro benzene ring substituents is 1. The van der Waals surface area contributed by atoms with Gasteiger partial charge in [-0.3, -0.25) is 14.9 Å². The van der Waals surface area contributed by atoms with Crippen molar-refractivity contribution in [2.24, 2.45) is 5.10 Å². The van der Waals surface area contributed by atoms with Crippen molar-refractivity contribution < 1.29 is 14.5 Å². The normalized spacial score (nSPS) is 10.4. The van der Waals surface area contributed by atoms with Crippen LogP contribution in [0.25, 0.3) is 0 Å². The molecule has 128 valence electrons. The van der Waals surface area contributed by atoms with Gasteiger partial charge in [-0.15, -0.1) is 0 Å². The Labute approximate surface area is 144 Å². The number of hydrazone groups is 1. The minimum absolute atomic E-state index is 0.0155. The molecule has 25 heavy (non-hydrogen) atoms. The zero-order valence-electron chi connectivity index (χ0n) is 13.4. The molecule has 0 radical (unpaired) electrons. The minimum atomic E-state index is -0.486. The van der Waals surface area contributed by atoms with Crippen LogP contribution < -0.4 is 10.2 Å². The molecule has 0 saturated carbocycles. The zero-order valence-corrected chi connectivity index (χ0v) is 13.4. The number of benzene rings is 2. The fraction of sp³-hybridized carbons (Fsp3) is 0.111. The summed E-state index contributed by atoms with van der Waals surface area (Å²) in [5.74, 6) is 0.311. The van der Waals surface area contributed by atoms with Crippen molar-refractivity contribution >= 4 is 17.8 Å². The monoisotopic (exact) mass is 339 g/mol. The Kier molecular flexibility index (Phi) is 6.41. The highest BCUT2D eigenvalue weighted by atomic mass is 16.6. The van der Waals surface area contributed by atoms with Gasteiger partial charge in [0.25, 0.3) is 5.69 Å². The van der Waals surface area contributed by atoms with Crippen molar-refractivity contribution in [3.05, 3.63) is 82.4 Å². The fourth-order valence-corrected chi connectivity index (χ4v) is 2.00. The number of carbonyl (C=O) groups excluding carboxylic acids is 1. The summed E-state index contributed by atoms with van der Waals surface area (Å²) in [4.78, 5) is 22.0. The van der Waals surface area contributed by atoms with Crippen LogP contribution in [-0.2, 0) is 11.2 Å². The molecule has 2 aromatic carbocycles. The molecule has 1 N–H and O–H groups in total. The predicted molar refractivity (Wildman–Crippen MR) is 94.7 cm³/mol. The van der Waals surface area contributed by atoms with Crippen LogP contribution in [0.15, 0.2) is 66.3 Å². The van der Waals surface area contributed by atoms with E-state index in [1.165, 1.54) is 18.3 Å². The summed E-state index contributed by atoms with van der Waals surface area (Å²) >= 11 is 0. The maximum absolute atomic E-state index is 11.9. The van der Waals surface area contributed by atoms with E-state index in [0.717, 1.165) is 5.56 Å². The standard InChI is InChI=1S/C18H17N3O4/c1-2-11-25-17-6-4-3-5-15(17)13-19-20-18(22)12-14-7-9-16(10-8-14)21(23)24/h2-10,13H,1,11-12H2,(H,20,22)/b19-13-. The molecule has 0 fully saturated rings. The molecule has 0 saturated heterocycles. The number of nitro groups is 1. The first kappa shape index (κ1) is 17.9. The molecule has 1 amide bonds. The fourth-order valence-electron chi connectivity index (χ4n) is 2.00. The molecule has 7 nitrogen and oxygen atoms in total. The molecule has 0 aromatic heterocycles. The van der Waals surface area contributed by atoms with Gasteiger partial charge in [0.15, 0.2) is 0 Å². The van der Waals surface area contributed by atoms with Gasteiger partial charge in [0, 0.05) is 17.7 Å². The smallest absolute Gasteiger partial charge is 0.269 e. The molecule has 0 unspecified atom stereocenters. The molecule has 0 atom stereocenters. The van der Waals surface area contributed by atoms with Crippen LogP contribution in [0.2, 0.25) is 0 Å². The number of carbonyl (C=O) groups is 1. The van der Waals surface area contributed by atoms with Crippen molar-refractivity contribution in [3.63, 3.8) is 0 Å². The third kappa shape index (κ3) is 5.58. The van der Waals surface area contributed by atoms with Crippen LogP contribution in [0.1, 0.15) is 11.1 Å². The third-order valence-corrected chi connectivity index (χ3v) is 3.18. The van der Waals surface area contributed by atoms with E-state index >= 15 is 0 Å². The highest BCUT2D eigenvalue weighted by Gasteiger charge is 2.07. The van der Waals surface area contributed by atoms with Crippen molar-refractivity contribution in [2.45, 2.75) is 6.42 Å². The Morgan fingerprint density at radius 3 is 2.64 bits per heavy atom. The maximum atomic E-state index is 11.9. The molecule has 0 spiro atoms. The topological polar surface area (TPSA) is 93.8 Å². The Morgan fingerprint density at radius 1 is 1.24 bits per heavy atom. The molecule has 0 bridgehead atoms. The summed E-state index contributed by atoms with van der Waals surface area (Å²) in [6, 6.07) is 13.1. The summed E-state index contributed by atoms with van der Waals surface area (Å²) in [6.07, 6.45) is 3.20. The number of hydrogen-bond acceptors (Lipinski definition) is 5. The predicted octanol–water partition coefficient (Wildman–Crippen LogP) is 2.85. The Balaban J connectivity index is 1.92. The van der Waals surface area contributed by atoms with E-state index in [2.05, 4.69) is 17.1 Å². The molecular formula is C18H17N3O4. The van der Waals surface area contributed by atoms with Crippen molar-refractivity contribution in [1.82, 2.24) is 5.43 Å². The van der Waals surface area contributed by atoms with E-state index in [0.29, 0.717) is 17.9 Å². The lowest BCUT2D eigenvalue weighted by atomic mass is 10.1. The van der Waals surface area contributed by atoms with Gasteiger partial charge >= 0.3 is 0 Å². The molecular weight excluding hydrogens is 322 g/mol.